The third kappa shape index (κ3) is 6.39. The van der Waals surface area contributed by atoms with E-state index in [0.717, 1.165) is 0 Å². The van der Waals surface area contributed by atoms with E-state index in [1.54, 1.807) is 19.2 Å². The molecule has 0 heterocycles. The number of thiocarbonyl (C=S) groups is 1. The fourth-order valence-corrected chi connectivity index (χ4v) is 1.85. The molecular formula is C15H21N3O5S. The van der Waals surface area contributed by atoms with Gasteiger partial charge in [-0.15, -0.1) is 0 Å². The van der Waals surface area contributed by atoms with Crippen LogP contribution in [-0.2, 0) is 9.53 Å². The Kier molecular flexibility index (Phi) is 8.52. The molecule has 0 saturated carbocycles. The Morgan fingerprint density at radius 1 is 1.25 bits per heavy atom. The largest absolute Gasteiger partial charge is 0.493 e. The lowest BCUT2D eigenvalue weighted by Gasteiger charge is -2.13. The van der Waals surface area contributed by atoms with Crippen LogP contribution in [0.15, 0.2) is 17.2 Å². The van der Waals surface area contributed by atoms with Crippen molar-refractivity contribution in [1.82, 2.24) is 10.7 Å². The smallest absolute Gasteiger partial charge is 0.308 e. The number of hydrogen-bond donors (Lipinski definition) is 2. The average Bonchev–Trinajstić information content (AvgIpc) is 2.55. The number of carbonyl (C=O) groups excluding carboxylic acids is 1. The number of rotatable bonds is 8. The molecule has 1 rings (SSSR count). The van der Waals surface area contributed by atoms with Gasteiger partial charge in [0, 0.05) is 26.1 Å². The van der Waals surface area contributed by atoms with Gasteiger partial charge in [-0.3, -0.25) is 10.2 Å². The van der Waals surface area contributed by atoms with Crippen LogP contribution in [0.4, 0.5) is 0 Å². The van der Waals surface area contributed by atoms with Gasteiger partial charge in [-0.25, -0.2) is 0 Å². The fraction of sp³-hybridized carbons (Fsp3) is 0.400. The number of nitrogens with zero attached hydrogens (tertiary/aromatic N) is 1. The number of nitrogens with one attached hydrogen (secondary N) is 2. The van der Waals surface area contributed by atoms with Gasteiger partial charge in [-0.1, -0.05) is 0 Å². The lowest BCUT2D eigenvalue weighted by atomic mass is 10.2. The van der Waals surface area contributed by atoms with Crippen LogP contribution in [0.25, 0.3) is 0 Å². The Morgan fingerprint density at radius 2 is 1.88 bits per heavy atom. The van der Waals surface area contributed by atoms with Crippen molar-refractivity contribution in [1.29, 1.82) is 0 Å². The molecule has 0 radical (unpaired) electrons. The van der Waals surface area contributed by atoms with E-state index in [1.807, 2.05) is 0 Å². The second-order valence-corrected chi connectivity index (χ2v) is 4.88. The molecular weight excluding hydrogens is 334 g/mol. The van der Waals surface area contributed by atoms with Gasteiger partial charge in [-0.05, 0) is 24.4 Å². The van der Waals surface area contributed by atoms with Crippen LogP contribution < -0.4 is 25.0 Å². The Morgan fingerprint density at radius 3 is 2.38 bits per heavy atom. The molecule has 0 aromatic heterocycles. The number of carbonyl (C=O) groups is 1. The number of hydrazone groups is 1. The molecule has 0 aliphatic rings. The predicted octanol–water partition coefficient (Wildman–Crippen LogP) is 1.07. The molecule has 1 aromatic carbocycles. The maximum absolute atomic E-state index is 11.2. The first-order valence-corrected chi connectivity index (χ1v) is 7.43. The van der Waals surface area contributed by atoms with E-state index in [-0.39, 0.29) is 5.75 Å². The van der Waals surface area contributed by atoms with Crippen LogP contribution in [0.5, 0.6) is 17.2 Å². The molecule has 0 aliphatic heterocycles. The molecule has 8 nitrogen and oxygen atoms in total. The van der Waals surface area contributed by atoms with Crippen molar-refractivity contribution in [2.24, 2.45) is 5.10 Å². The first-order chi connectivity index (χ1) is 11.5. The molecule has 0 unspecified atom stereocenters. The summed E-state index contributed by atoms with van der Waals surface area (Å²) in [6.07, 6.45) is 1.53. The van der Waals surface area contributed by atoms with Crippen molar-refractivity contribution >= 4 is 29.5 Å². The zero-order valence-corrected chi connectivity index (χ0v) is 14.9. The van der Waals surface area contributed by atoms with Gasteiger partial charge >= 0.3 is 5.97 Å². The zero-order valence-electron chi connectivity index (χ0n) is 14.0. The van der Waals surface area contributed by atoms with Crippen molar-refractivity contribution in [3.63, 3.8) is 0 Å². The molecule has 0 atom stereocenters. The van der Waals surface area contributed by atoms with Gasteiger partial charge < -0.3 is 24.3 Å². The summed E-state index contributed by atoms with van der Waals surface area (Å²) in [5.74, 6) is 0.454. The van der Waals surface area contributed by atoms with Crippen LogP contribution in [0.1, 0.15) is 12.5 Å². The van der Waals surface area contributed by atoms with E-state index in [0.29, 0.717) is 35.3 Å². The minimum Gasteiger partial charge on any atom is -0.493 e. The van der Waals surface area contributed by atoms with E-state index in [1.165, 1.54) is 27.4 Å². The summed E-state index contributed by atoms with van der Waals surface area (Å²) in [4.78, 5) is 11.2. The van der Waals surface area contributed by atoms with Gasteiger partial charge in [-0.2, -0.15) is 5.10 Å². The highest BCUT2D eigenvalue weighted by Gasteiger charge is 2.15. The van der Waals surface area contributed by atoms with Crippen LogP contribution in [0.2, 0.25) is 0 Å². The Bertz CT molecular complexity index is 582. The normalized spacial score (nSPS) is 10.3. The molecule has 0 amide bonds. The van der Waals surface area contributed by atoms with Crippen molar-refractivity contribution in [3.05, 3.63) is 17.7 Å². The third-order valence-electron chi connectivity index (χ3n) is 2.70. The summed E-state index contributed by atoms with van der Waals surface area (Å²) in [5.41, 5.74) is 3.35. The topological polar surface area (TPSA) is 90.4 Å². The predicted molar refractivity (Wildman–Crippen MR) is 94.1 cm³/mol. The highest BCUT2D eigenvalue weighted by Crippen LogP contribution is 2.38. The van der Waals surface area contributed by atoms with Crippen molar-refractivity contribution in [2.45, 2.75) is 6.92 Å². The van der Waals surface area contributed by atoms with Crippen molar-refractivity contribution in [3.8, 4) is 17.2 Å². The Labute approximate surface area is 146 Å². The van der Waals surface area contributed by atoms with Crippen LogP contribution >= 0.6 is 12.2 Å². The standard InChI is InChI=1S/C15H21N3O5S/c1-10(19)23-14-12(21-3)7-11(8-13(14)22-4)9-17-18-15(24)16-5-6-20-2/h7-9H,5-6H2,1-4H3,(H2,16,18,24). The SMILES string of the molecule is COCCNC(=S)NN=Cc1cc(OC)c(OC(C)=O)c(OC)c1. The van der Waals surface area contributed by atoms with Crippen LogP contribution in [0.3, 0.4) is 0 Å². The van der Waals surface area contributed by atoms with Crippen LogP contribution in [-0.4, -0.2) is 51.8 Å². The number of ether oxygens (including phenoxy) is 4. The highest BCUT2D eigenvalue weighted by molar-refractivity contribution is 7.80. The van der Waals surface area contributed by atoms with Gasteiger partial charge in [0.1, 0.15) is 0 Å². The van der Waals surface area contributed by atoms with E-state index in [9.17, 15) is 4.79 Å². The summed E-state index contributed by atoms with van der Waals surface area (Å²) in [5, 5.41) is 7.32. The minimum atomic E-state index is -0.470. The molecule has 0 aliphatic carbocycles. The van der Waals surface area contributed by atoms with E-state index >= 15 is 0 Å². The van der Waals surface area contributed by atoms with Gasteiger partial charge in [0.25, 0.3) is 0 Å². The van der Waals surface area contributed by atoms with Crippen molar-refractivity contribution < 1.29 is 23.7 Å². The van der Waals surface area contributed by atoms with Gasteiger partial charge in [0.2, 0.25) is 5.75 Å². The summed E-state index contributed by atoms with van der Waals surface area (Å²) >= 11 is 5.05. The Balaban J connectivity index is 2.83. The van der Waals surface area contributed by atoms with Crippen LogP contribution in [0, 0.1) is 0 Å². The second kappa shape index (κ2) is 10.4. The number of hydrogen-bond acceptors (Lipinski definition) is 7. The average molecular weight is 355 g/mol. The maximum Gasteiger partial charge on any atom is 0.308 e. The summed E-state index contributed by atoms with van der Waals surface area (Å²) < 4.78 is 20.5. The van der Waals surface area contributed by atoms with E-state index < -0.39 is 5.97 Å². The first-order valence-electron chi connectivity index (χ1n) is 7.02. The van der Waals surface area contributed by atoms with E-state index in [4.69, 9.17) is 31.2 Å². The van der Waals surface area contributed by atoms with Crippen molar-refractivity contribution in [2.75, 3.05) is 34.5 Å². The quantitative estimate of drug-likeness (QED) is 0.179. The molecule has 0 saturated heterocycles. The maximum atomic E-state index is 11.2. The van der Waals surface area contributed by atoms with Gasteiger partial charge in [0.05, 0.1) is 27.0 Å². The zero-order chi connectivity index (χ0) is 17.9. The monoisotopic (exact) mass is 355 g/mol. The Hall–Kier alpha value is -2.39. The number of benzene rings is 1. The summed E-state index contributed by atoms with van der Waals surface area (Å²) in [7, 11) is 4.54. The minimum absolute atomic E-state index is 0.217. The van der Waals surface area contributed by atoms with E-state index in [2.05, 4.69) is 15.8 Å². The number of esters is 1. The molecule has 9 heteroatoms. The lowest BCUT2D eigenvalue weighted by molar-refractivity contribution is -0.132. The highest BCUT2D eigenvalue weighted by atomic mass is 32.1. The third-order valence-corrected chi connectivity index (χ3v) is 2.94. The molecule has 24 heavy (non-hydrogen) atoms. The molecule has 0 bridgehead atoms. The second-order valence-electron chi connectivity index (χ2n) is 4.47. The molecule has 0 spiro atoms. The molecule has 1 aromatic rings. The lowest BCUT2D eigenvalue weighted by Crippen LogP contribution is -2.34. The molecule has 2 N–H and O–H groups in total. The fourth-order valence-electron chi connectivity index (χ4n) is 1.69. The molecule has 0 fully saturated rings. The van der Waals surface area contributed by atoms with Gasteiger partial charge in [0.15, 0.2) is 16.6 Å². The first kappa shape index (κ1) is 19.7. The summed E-state index contributed by atoms with van der Waals surface area (Å²) in [6.45, 7) is 2.42. The molecule has 132 valence electrons. The number of methoxy groups -OCH3 is 3. The summed E-state index contributed by atoms with van der Waals surface area (Å²) in [6, 6.07) is 3.32.